The van der Waals surface area contributed by atoms with Gasteiger partial charge in [-0.15, -0.1) is 0 Å². The van der Waals surface area contributed by atoms with Gasteiger partial charge in [-0.25, -0.2) is 10.2 Å². The summed E-state index contributed by atoms with van der Waals surface area (Å²) in [6, 6.07) is 30.5. The molecule has 7 heteroatoms. The van der Waals surface area contributed by atoms with E-state index in [0.717, 1.165) is 11.1 Å². The number of hydrazone groups is 1. The molecule has 4 rings (SSSR count). The molecule has 4 aromatic rings. The molecule has 0 heterocycles. The SMILES string of the molecule is O=C(NN=Cc1ccc(OC(=O)c2ccccc2Br)cc1)c1ccc(OCc2ccccc2)cc1. The van der Waals surface area contributed by atoms with Crippen LogP contribution in [0.15, 0.2) is 113 Å². The topological polar surface area (TPSA) is 77.0 Å². The minimum atomic E-state index is -0.456. The number of ether oxygens (including phenoxy) is 2. The quantitative estimate of drug-likeness (QED) is 0.131. The maximum absolute atomic E-state index is 12.3. The summed E-state index contributed by atoms with van der Waals surface area (Å²) in [5.41, 5.74) is 5.20. The van der Waals surface area contributed by atoms with Crippen molar-refractivity contribution in [2.75, 3.05) is 0 Å². The third kappa shape index (κ3) is 6.88. The van der Waals surface area contributed by atoms with Gasteiger partial charge in [0.15, 0.2) is 0 Å². The normalized spacial score (nSPS) is 10.7. The fourth-order valence-corrected chi connectivity index (χ4v) is 3.53. The Bertz CT molecular complexity index is 1320. The van der Waals surface area contributed by atoms with Crippen molar-refractivity contribution in [3.63, 3.8) is 0 Å². The van der Waals surface area contributed by atoms with Gasteiger partial charge in [0, 0.05) is 10.0 Å². The van der Waals surface area contributed by atoms with Crippen molar-refractivity contribution in [3.05, 3.63) is 130 Å². The van der Waals surface area contributed by atoms with Gasteiger partial charge in [0.05, 0.1) is 11.8 Å². The zero-order valence-electron chi connectivity index (χ0n) is 18.6. The molecule has 0 bridgehead atoms. The Balaban J connectivity index is 1.26. The first-order chi connectivity index (χ1) is 17.1. The van der Waals surface area contributed by atoms with E-state index in [1.807, 2.05) is 36.4 Å². The molecule has 0 saturated heterocycles. The van der Waals surface area contributed by atoms with E-state index in [1.54, 1.807) is 66.7 Å². The summed E-state index contributed by atoms with van der Waals surface area (Å²) in [4.78, 5) is 24.6. The van der Waals surface area contributed by atoms with E-state index in [4.69, 9.17) is 9.47 Å². The van der Waals surface area contributed by atoms with Crippen molar-refractivity contribution < 1.29 is 19.1 Å². The summed E-state index contributed by atoms with van der Waals surface area (Å²) < 4.78 is 11.8. The van der Waals surface area contributed by atoms with Crippen molar-refractivity contribution >= 4 is 34.0 Å². The Morgan fingerprint density at radius 3 is 2.17 bits per heavy atom. The van der Waals surface area contributed by atoms with Gasteiger partial charge in [0.2, 0.25) is 0 Å². The highest BCUT2D eigenvalue weighted by Gasteiger charge is 2.11. The van der Waals surface area contributed by atoms with Gasteiger partial charge in [0.1, 0.15) is 18.1 Å². The second-order valence-corrected chi connectivity index (χ2v) is 8.29. The fraction of sp³-hybridized carbons (Fsp3) is 0.0357. The number of nitrogens with zero attached hydrogens (tertiary/aromatic N) is 1. The molecule has 1 N–H and O–H groups in total. The van der Waals surface area contributed by atoms with Crippen LogP contribution in [-0.4, -0.2) is 18.1 Å². The largest absolute Gasteiger partial charge is 0.489 e. The molecule has 0 aliphatic carbocycles. The van der Waals surface area contributed by atoms with Gasteiger partial charge in [-0.1, -0.05) is 42.5 Å². The molecule has 0 spiro atoms. The highest BCUT2D eigenvalue weighted by atomic mass is 79.9. The van der Waals surface area contributed by atoms with E-state index in [-0.39, 0.29) is 5.91 Å². The summed E-state index contributed by atoms with van der Waals surface area (Å²) in [6.07, 6.45) is 1.51. The molecular weight excluding hydrogens is 508 g/mol. The Morgan fingerprint density at radius 1 is 0.800 bits per heavy atom. The number of amides is 1. The third-order valence-corrected chi connectivity index (χ3v) is 5.62. The number of halogens is 1. The minimum Gasteiger partial charge on any atom is -0.489 e. The van der Waals surface area contributed by atoms with Crippen LogP contribution in [0.25, 0.3) is 0 Å². The average Bonchev–Trinajstić information content (AvgIpc) is 2.89. The molecule has 0 aromatic heterocycles. The van der Waals surface area contributed by atoms with Crippen LogP contribution in [-0.2, 0) is 6.61 Å². The predicted octanol–water partition coefficient (Wildman–Crippen LogP) is 6.01. The molecule has 0 aliphatic heterocycles. The third-order valence-electron chi connectivity index (χ3n) is 4.93. The molecule has 174 valence electrons. The average molecular weight is 529 g/mol. The molecule has 0 radical (unpaired) electrons. The number of nitrogens with one attached hydrogen (secondary N) is 1. The van der Waals surface area contributed by atoms with Gasteiger partial charge in [0.25, 0.3) is 5.91 Å². The number of hydrogen-bond acceptors (Lipinski definition) is 5. The van der Waals surface area contributed by atoms with Crippen LogP contribution in [0.1, 0.15) is 31.8 Å². The highest BCUT2D eigenvalue weighted by molar-refractivity contribution is 9.10. The molecule has 6 nitrogen and oxygen atoms in total. The summed E-state index contributed by atoms with van der Waals surface area (Å²) in [5, 5.41) is 4.00. The van der Waals surface area contributed by atoms with Crippen molar-refractivity contribution in [1.29, 1.82) is 0 Å². The summed E-state index contributed by atoms with van der Waals surface area (Å²) in [6.45, 7) is 0.457. The lowest BCUT2D eigenvalue weighted by molar-refractivity contribution is 0.0733. The van der Waals surface area contributed by atoms with E-state index in [0.29, 0.717) is 33.7 Å². The number of carbonyl (C=O) groups is 2. The van der Waals surface area contributed by atoms with E-state index in [2.05, 4.69) is 26.5 Å². The Kier molecular flexibility index (Phi) is 8.04. The number of benzene rings is 4. The highest BCUT2D eigenvalue weighted by Crippen LogP contribution is 2.19. The fourth-order valence-electron chi connectivity index (χ4n) is 3.08. The maximum atomic E-state index is 12.3. The van der Waals surface area contributed by atoms with Crippen LogP contribution in [0.5, 0.6) is 11.5 Å². The molecule has 4 aromatic carbocycles. The van der Waals surface area contributed by atoms with Crippen LogP contribution in [0, 0.1) is 0 Å². The van der Waals surface area contributed by atoms with Gasteiger partial charge in [-0.05, 0) is 87.7 Å². The second-order valence-electron chi connectivity index (χ2n) is 7.44. The van der Waals surface area contributed by atoms with Gasteiger partial charge >= 0.3 is 5.97 Å². The molecule has 35 heavy (non-hydrogen) atoms. The molecule has 1 amide bonds. The summed E-state index contributed by atoms with van der Waals surface area (Å²) >= 11 is 3.34. The molecule has 0 fully saturated rings. The first-order valence-electron chi connectivity index (χ1n) is 10.8. The van der Waals surface area contributed by atoms with Crippen LogP contribution in [0.2, 0.25) is 0 Å². The summed E-state index contributed by atoms with van der Waals surface area (Å²) in [7, 11) is 0. The van der Waals surface area contributed by atoms with Crippen molar-refractivity contribution in [1.82, 2.24) is 5.43 Å². The molecule has 0 aliphatic rings. The lowest BCUT2D eigenvalue weighted by atomic mass is 10.2. The smallest absolute Gasteiger partial charge is 0.344 e. The predicted molar refractivity (Wildman–Crippen MR) is 138 cm³/mol. The second kappa shape index (κ2) is 11.8. The lowest BCUT2D eigenvalue weighted by Gasteiger charge is -2.07. The monoisotopic (exact) mass is 528 g/mol. The van der Waals surface area contributed by atoms with E-state index >= 15 is 0 Å². The van der Waals surface area contributed by atoms with E-state index < -0.39 is 5.97 Å². The standard InChI is InChI=1S/C28H21BrN2O4/c29-26-9-5-4-8-25(26)28(33)35-24-14-10-20(11-15-24)18-30-31-27(32)22-12-16-23(17-13-22)34-19-21-6-2-1-3-7-21/h1-18H,19H2,(H,31,32). The number of hydrogen-bond donors (Lipinski definition) is 1. The Morgan fingerprint density at radius 2 is 1.46 bits per heavy atom. The zero-order chi connectivity index (χ0) is 24.5. The van der Waals surface area contributed by atoms with Gasteiger partial charge in [-0.2, -0.15) is 5.10 Å². The zero-order valence-corrected chi connectivity index (χ0v) is 20.1. The minimum absolute atomic E-state index is 0.338. The van der Waals surface area contributed by atoms with Crippen molar-refractivity contribution in [2.45, 2.75) is 6.61 Å². The Labute approximate surface area is 211 Å². The molecule has 0 saturated carbocycles. The maximum Gasteiger partial charge on any atom is 0.344 e. The van der Waals surface area contributed by atoms with Crippen molar-refractivity contribution in [3.8, 4) is 11.5 Å². The molecule has 0 atom stereocenters. The van der Waals surface area contributed by atoms with Crippen molar-refractivity contribution in [2.24, 2.45) is 5.10 Å². The molecule has 0 unspecified atom stereocenters. The van der Waals surface area contributed by atoms with Gasteiger partial charge < -0.3 is 9.47 Å². The van der Waals surface area contributed by atoms with E-state index in [9.17, 15) is 9.59 Å². The first-order valence-corrected chi connectivity index (χ1v) is 11.5. The number of esters is 1. The van der Waals surface area contributed by atoms with Crippen LogP contribution >= 0.6 is 15.9 Å². The Hall–Kier alpha value is -4.23. The first kappa shape index (κ1) is 23.9. The van der Waals surface area contributed by atoms with Crippen LogP contribution < -0.4 is 14.9 Å². The lowest BCUT2D eigenvalue weighted by Crippen LogP contribution is -2.17. The molecular formula is C28H21BrN2O4. The van der Waals surface area contributed by atoms with Crippen LogP contribution in [0.3, 0.4) is 0 Å². The van der Waals surface area contributed by atoms with Gasteiger partial charge in [-0.3, -0.25) is 4.79 Å². The van der Waals surface area contributed by atoms with Crippen LogP contribution in [0.4, 0.5) is 0 Å². The number of carbonyl (C=O) groups excluding carboxylic acids is 2. The number of rotatable bonds is 8. The van der Waals surface area contributed by atoms with E-state index in [1.165, 1.54) is 6.21 Å². The summed E-state index contributed by atoms with van der Waals surface area (Å²) in [5.74, 6) is 0.285.